The molecule has 3 heteroatoms. The van der Waals surface area contributed by atoms with E-state index in [1.807, 2.05) is 0 Å². The second kappa shape index (κ2) is 4.08. The molecule has 5 atom stereocenters. The predicted octanol–water partition coefficient (Wildman–Crippen LogP) is 2.63. The number of nitrogens with one attached hydrogen (secondary N) is 1. The number of hydrogen-bond acceptors (Lipinski definition) is 3. The van der Waals surface area contributed by atoms with E-state index in [4.69, 9.17) is 0 Å². The first-order valence-electron chi connectivity index (χ1n) is 8.13. The largest absolute Gasteiger partial charge is 0.387 e. The van der Waals surface area contributed by atoms with Gasteiger partial charge in [0.15, 0.2) is 5.78 Å². The summed E-state index contributed by atoms with van der Waals surface area (Å²) in [7, 11) is 0. The quantitative estimate of drug-likeness (QED) is 0.744. The number of fused-ring (bicyclic) bond motifs is 5. The molecular weight excluding hydrogens is 262 g/mol. The zero-order chi connectivity index (χ0) is 14.8. The first-order chi connectivity index (χ1) is 9.92. The molecule has 3 fully saturated rings. The zero-order valence-corrected chi connectivity index (χ0v) is 12.8. The average Bonchev–Trinajstić information content (AvgIpc) is 2.74. The molecule has 21 heavy (non-hydrogen) atoms. The highest BCUT2D eigenvalue weighted by molar-refractivity contribution is 6.01. The third-order valence-corrected chi connectivity index (χ3v) is 6.76. The van der Waals surface area contributed by atoms with Crippen molar-refractivity contribution in [2.75, 3.05) is 6.54 Å². The van der Waals surface area contributed by atoms with E-state index < -0.39 is 0 Å². The Labute approximate surface area is 125 Å². The van der Waals surface area contributed by atoms with E-state index in [2.05, 4.69) is 25.2 Å². The van der Waals surface area contributed by atoms with Crippen LogP contribution in [0.25, 0.3) is 0 Å². The summed E-state index contributed by atoms with van der Waals surface area (Å²) in [4.78, 5) is 23.7. The summed E-state index contributed by atoms with van der Waals surface area (Å²) < 4.78 is 0. The van der Waals surface area contributed by atoms with Gasteiger partial charge in [-0.25, -0.2) is 0 Å². The van der Waals surface area contributed by atoms with E-state index in [1.54, 1.807) is 12.2 Å². The average molecular weight is 285 g/mol. The highest BCUT2D eigenvalue weighted by Gasteiger charge is 2.57. The van der Waals surface area contributed by atoms with E-state index in [1.165, 1.54) is 6.42 Å². The molecule has 2 saturated carbocycles. The van der Waals surface area contributed by atoms with Crippen molar-refractivity contribution >= 4 is 11.6 Å². The highest BCUT2D eigenvalue weighted by Crippen LogP contribution is 2.60. The van der Waals surface area contributed by atoms with Crippen LogP contribution >= 0.6 is 0 Å². The minimum absolute atomic E-state index is 0.0518. The number of allylic oxidation sites excluding steroid dienone is 3. The number of Topliss-reactive ketones (excluding diaryl/α,β-unsaturated/α-hetero) is 1. The third-order valence-electron chi connectivity index (χ3n) is 6.76. The Bertz CT molecular complexity index is 590. The van der Waals surface area contributed by atoms with Crippen molar-refractivity contribution in [3.05, 3.63) is 23.9 Å². The fourth-order valence-electron chi connectivity index (χ4n) is 5.58. The van der Waals surface area contributed by atoms with Crippen molar-refractivity contribution in [1.29, 1.82) is 0 Å². The third kappa shape index (κ3) is 1.72. The molecule has 4 rings (SSSR count). The van der Waals surface area contributed by atoms with Gasteiger partial charge in [-0.15, -0.1) is 0 Å². The van der Waals surface area contributed by atoms with Crippen molar-refractivity contribution < 1.29 is 9.59 Å². The molecule has 0 spiro atoms. The van der Waals surface area contributed by atoms with E-state index >= 15 is 0 Å². The Morgan fingerprint density at radius 3 is 2.86 bits per heavy atom. The number of carbonyl (C=O) groups excluding carboxylic acids is 2. The van der Waals surface area contributed by atoms with Gasteiger partial charge in [0.1, 0.15) is 5.78 Å². The minimum atomic E-state index is -0.0518. The molecule has 1 aliphatic heterocycles. The van der Waals surface area contributed by atoms with Gasteiger partial charge >= 0.3 is 0 Å². The van der Waals surface area contributed by atoms with Crippen LogP contribution in [0.3, 0.4) is 0 Å². The molecule has 0 amide bonds. The van der Waals surface area contributed by atoms with Crippen molar-refractivity contribution in [3.8, 4) is 0 Å². The summed E-state index contributed by atoms with van der Waals surface area (Å²) in [5.41, 5.74) is 1.25. The number of hydrogen-bond donors (Lipinski definition) is 1. The molecule has 0 aromatic heterocycles. The summed E-state index contributed by atoms with van der Waals surface area (Å²) in [6.45, 7) is 5.48. The van der Waals surface area contributed by atoms with Gasteiger partial charge in [-0.1, -0.05) is 19.9 Å². The lowest BCUT2D eigenvalue weighted by molar-refractivity contribution is -0.118. The standard InChI is InChI=1S/C18H23NO2/c1-17-5-4-14-13(15(17)7-12(21)9-17)10-19-16-8-11(20)3-6-18(14,16)2/h3,6,8,13-15,19H,4-5,7,9-10H2,1-2H3/t13-,14-,15+,17-,18-/m1/s1. The van der Waals surface area contributed by atoms with Crippen LogP contribution in [-0.4, -0.2) is 18.1 Å². The van der Waals surface area contributed by atoms with Gasteiger partial charge in [-0.05, 0) is 42.1 Å². The Hall–Kier alpha value is -1.38. The van der Waals surface area contributed by atoms with Gasteiger partial charge in [0, 0.05) is 36.6 Å². The van der Waals surface area contributed by atoms with Crippen molar-refractivity contribution in [2.45, 2.75) is 39.5 Å². The Morgan fingerprint density at radius 2 is 2.05 bits per heavy atom. The monoisotopic (exact) mass is 285 g/mol. The predicted molar refractivity (Wildman–Crippen MR) is 80.4 cm³/mol. The lowest BCUT2D eigenvalue weighted by Gasteiger charge is -2.55. The lowest BCUT2D eigenvalue weighted by Crippen LogP contribution is -2.55. The summed E-state index contributed by atoms with van der Waals surface area (Å²) in [5.74, 6) is 2.16. The van der Waals surface area contributed by atoms with Gasteiger partial charge < -0.3 is 5.32 Å². The normalized spacial score (nSPS) is 48.1. The maximum Gasteiger partial charge on any atom is 0.180 e. The molecule has 0 aromatic carbocycles. The molecule has 3 aliphatic carbocycles. The van der Waals surface area contributed by atoms with Crippen LogP contribution in [0.2, 0.25) is 0 Å². The van der Waals surface area contributed by atoms with Gasteiger partial charge in [-0.2, -0.15) is 0 Å². The number of piperidine rings is 1. The van der Waals surface area contributed by atoms with Crippen LogP contribution in [0.1, 0.15) is 39.5 Å². The van der Waals surface area contributed by atoms with E-state index in [9.17, 15) is 9.59 Å². The van der Waals surface area contributed by atoms with Crippen LogP contribution < -0.4 is 5.32 Å². The number of rotatable bonds is 0. The molecule has 0 radical (unpaired) electrons. The molecule has 1 saturated heterocycles. The van der Waals surface area contributed by atoms with Crippen LogP contribution in [0.15, 0.2) is 23.9 Å². The Balaban J connectivity index is 1.71. The molecule has 1 N–H and O–H groups in total. The van der Waals surface area contributed by atoms with Crippen LogP contribution in [-0.2, 0) is 9.59 Å². The van der Waals surface area contributed by atoms with E-state index in [0.717, 1.165) is 31.5 Å². The number of carbonyl (C=O) groups is 2. The summed E-state index contributed by atoms with van der Waals surface area (Å²) in [6.07, 6.45) is 9.44. The summed E-state index contributed by atoms with van der Waals surface area (Å²) >= 11 is 0. The summed E-state index contributed by atoms with van der Waals surface area (Å²) in [6, 6.07) is 0. The molecular formula is C18H23NO2. The minimum Gasteiger partial charge on any atom is -0.387 e. The molecule has 112 valence electrons. The Morgan fingerprint density at radius 1 is 1.24 bits per heavy atom. The SMILES string of the molecule is C[C@]12CC[C@@H]3[C@@H](CNC4=CC(=O)C=C[C@@]43C)[C@@H]1CC(=O)C2. The molecule has 1 heterocycles. The van der Waals surface area contributed by atoms with Crippen LogP contribution in [0.4, 0.5) is 0 Å². The maximum atomic E-state index is 12.0. The first-order valence-corrected chi connectivity index (χ1v) is 8.13. The molecule has 0 aromatic rings. The van der Waals surface area contributed by atoms with Gasteiger partial charge in [-0.3, -0.25) is 9.59 Å². The van der Waals surface area contributed by atoms with Gasteiger partial charge in [0.05, 0.1) is 0 Å². The van der Waals surface area contributed by atoms with Crippen molar-refractivity contribution in [3.63, 3.8) is 0 Å². The summed E-state index contributed by atoms with van der Waals surface area (Å²) in [5, 5.41) is 3.51. The van der Waals surface area contributed by atoms with Crippen LogP contribution in [0.5, 0.6) is 0 Å². The van der Waals surface area contributed by atoms with Crippen molar-refractivity contribution in [2.24, 2.45) is 28.6 Å². The molecule has 0 unspecified atom stereocenters. The first kappa shape index (κ1) is 13.3. The van der Waals surface area contributed by atoms with E-state index in [0.29, 0.717) is 23.5 Å². The second-order valence-corrected chi connectivity index (χ2v) is 7.95. The van der Waals surface area contributed by atoms with Gasteiger partial charge in [0.2, 0.25) is 0 Å². The van der Waals surface area contributed by atoms with Crippen molar-refractivity contribution in [1.82, 2.24) is 5.32 Å². The Kier molecular flexibility index (Phi) is 2.59. The molecule has 0 bridgehead atoms. The second-order valence-electron chi connectivity index (χ2n) is 7.95. The lowest BCUT2D eigenvalue weighted by atomic mass is 9.52. The topological polar surface area (TPSA) is 46.2 Å². The smallest absolute Gasteiger partial charge is 0.180 e. The van der Waals surface area contributed by atoms with Crippen LogP contribution in [0, 0.1) is 28.6 Å². The van der Waals surface area contributed by atoms with Gasteiger partial charge in [0.25, 0.3) is 0 Å². The zero-order valence-electron chi connectivity index (χ0n) is 12.8. The maximum absolute atomic E-state index is 12.0. The fraction of sp³-hybridized carbons (Fsp3) is 0.667. The molecule has 4 aliphatic rings. The van der Waals surface area contributed by atoms with E-state index in [-0.39, 0.29) is 16.6 Å². The highest BCUT2D eigenvalue weighted by atomic mass is 16.1. The fourth-order valence-corrected chi connectivity index (χ4v) is 5.58. The number of ketones is 2. The molecule has 3 nitrogen and oxygen atoms in total.